The lowest BCUT2D eigenvalue weighted by Crippen LogP contribution is -2.38. The Morgan fingerprint density at radius 2 is 1.83 bits per heavy atom. The first kappa shape index (κ1) is 23.0. The van der Waals surface area contributed by atoms with Gasteiger partial charge in [0.2, 0.25) is 0 Å². The van der Waals surface area contributed by atoms with E-state index in [1.54, 1.807) is 7.05 Å². The Balaban J connectivity index is 0.00000529. The quantitative estimate of drug-likeness (QED) is 0.291. The largest absolute Gasteiger partial charge is 0.488 e. The Kier molecular flexibility index (Phi) is 11.0. The van der Waals surface area contributed by atoms with Crippen LogP contribution in [0.15, 0.2) is 29.3 Å². The standard InChI is InChI=1S/C18H32N4O.HI/c1-18(2,3)23-16-11-8-7-10-15(16)14-21-17(19-4)20-12-9-13-22(5)6;/h7-8,10-11H,9,12-14H2,1-6H3,(H2,19,20,21);1H. The van der Waals surface area contributed by atoms with Gasteiger partial charge in [-0.25, -0.2) is 0 Å². The number of halogens is 1. The van der Waals surface area contributed by atoms with Crippen LogP contribution in [0.4, 0.5) is 0 Å². The first-order chi connectivity index (χ1) is 10.8. The van der Waals surface area contributed by atoms with Gasteiger partial charge < -0.3 is 20.3 Å². The van der Waals surface area contributed by atoms with Crippen LogP contribution in [0, 0.1) is 0 Å². The van der Waals surface area contributed by atoms with E-state index in [2.05, 4.69) is 61.5 Å². The second-order valence-electron chi connectivity index (χ2n) is 6.83. The molecule has 0 aliphatic heterocycles. The zero-order valence-electron chi connectivity index (χ0n) is 15.8. The van der Waals surface area contributed by atoms with E-state index in [9.17, 15) is 0 Å². The molecule has 6 heteroatoms. The number of hydrogen-bond donors (Lipinski definition) is 2. The van der Waals surface area contributed by atoms with Crippen LogP contribution in [0.1, 0.15) is 32.8 Å². The van der Waals surface area contributed by atoms with Crippen LogP contribution in [-0.4, -0.2) is 50.7 Å². The molecule has 0 unspecified atom stereocenters. The second kappa shape index (κ2) is 11.5. The summed E-state index contributed by atoms with van der Waals surface area (Å²) in [6.07, 6.45) is 1.08. The lowest BCUT2D eigenvalue weighted by atomic mass is 10.1. The maximum atomic E-state index is 6.02. The molecule has 0 amide bonds. The summed E-state index contributed by atoms with van der Waals surface area (Å²) in [5.74, 6) is 1.73. The highest BCUT2D eigenvalue weighted by Crippen LogP contribution is 2.22. The van der Waals surface area contributed by atoms with Crippen LogP contribution in [-0.2, 0) is 6.54 Å². The van der Waals surface area contributed by atoms with Gasteiger partial charge in [0.25, 0.3) is 0 Å². The third-order valence-electron chi connectivity index (χ3n) is 3.13. The van der Waals surface area contributed by atoms with E-state index in [0.717, 1.165) is 36.8 Å². The first-order valence-electron chi connectivity index (χ1n) is 8.18. The van der Waals surface area contributed by atoms with Gasteiger partial charge in [-0.3, -0.25) is 4.99 Å². The van der Waals surface area contributed by atoms with Gasteiger partial charge in [0, 0.05) is 25.7 Å². The Bertz CT molecular complexity index is 498. The Labute approximate surface area is 164 Å². The fraction of sp³-hybridized carbons (Fsp3) is 0.611. The molecule has 1 aromatic carbocycles. The third kappa shape index (κ3) is 9.97. The van der Waals surface area contributed by atoms with Gasteiger partial charge in [-0.15, -0.1) is 24.0 Å². The minimum absolute atomic E-state index is 0. The van der Waals surface area contributed by atoms with E-state index in [1.165, 1.54) is 0 Å². The molecule has 0 aliphatic rings. The number of guanidine groups is 1. The molecular weight excluding hydrogens is 415 g/mol. The monoisotopic (exact) mass is 448 g/mol. The van der Waals surface area contributed by atoms with Crippen molar-refractivity contribution >= 4 is 29.9 Å². The molecule has 1 rings (SSSR count). The summed E-state index contributed by atoms with van der Waals surface area (Å²) in [6.45, 7) is 8.82. The van der Waals surface area contributed by atoms with Gasteiger partial charge in [-0.1, -0.05) is 18.2 Å². The lowest BCUT2D eigenvalue weighted by Gasteiger charge is -2.23. The van der Waals surface area contributed by atoms with Gasteiger partial charge in [0.15, 0.2) is 5.96 Å². The maximum absolute atomic E-state index is 6.02. The molecule has 0 aromatic heterocycles. The van der Waals surface area contributed by atoms with Gasteiger partial charge in [0.1, 0.15) is 11.4 Å². The van der Waals surface area contributed by atoms with Crippen LogP contribution >= 0.6 is 24.0 Å². The fourth-order valence-electron chi connectivity index (χ4n) is 2.08. The smallest absolute Gasteiger partial charge is 0.191 e. The minimum Gasteiger partial charge on any atom is -0.488 e. The van der Waals surface area contributed by atoms with Gasteiger partial charge in [-0.2, -0.15) is 0 Å². The molecule has 0 heterocycles. The number of nitrogens with zero attached hydrogens (tertiary/aromatic N) is 2. The van der Waals surface area contributed by atoms with Crippen molar-refractivity contribution in [2.75, 3.05) is 34.2 Å². The fourth-order valence-corrected chi connectivity index (χ4v) is 2.08. The van der Waals surface area contributed by atoms with Crippen LogP contribution < -0.4 is 15.4 Å². The van der Waals surface area contributed by atoms with Crippen molar-refractivity contribution in [3.8, 4) is 5.75 Å². The van der Waals surface area contributed by atoms with Crippen LogP contribution in [0.5, 0.6) is 5.75 Å². The number of aliphatic imine (C=N–C) groups is 1. The lowest BCUT2D eigenvalue weighted by molar-refractivity contribution is 0.129. The molecule has 0 spiro atoms. The molecule has 0 fully saturated rings. The van der Waals surface area contributed by atoms with E-state index in [-0.39, 0.29) is 29.6 Å². The van der Waals surface area contributed by atoms with E-state index >= 15 is 0 Å². The van der Waals surface area contributed by atoms with E-state index in [4.69, 9.17) is 4.74 Å². The molecule has 0 aliphatic carbocycles. The summed E-state index contributed by atoms with van der Waals surface area (Å²) in [5.41, 5.74) is 0.918. The highest BCUT2D eigenvalue weighted by Gasteiger charge is 2.14. The molecule has 5 nitrogen and oxygen atoms in total. The van der Waals surface area contributed by atoms with Gasteiger partial charge >= 0.3 is 0 Å². The van der Waals surface area contributed by atoms with Crippen molar-refractivity contribution in [2.24, 2.45) is 4.99 Å². The Hall–Kier alpha value is -1.02. The van der Waals surface area contributed by atoms with Crippen molar-refractivity contribution in [1.82, 2.24) is 15.5 Å². The van der Waals surface area contributed by atoms with E-state index in [1.807, 2.05) is 18.2 Å². The van der Waals surface area contributed by atoms with Crippen molar-refractivity contribution in [3.63, 3.8) is 0 Å². The topological polar surface area (TPSA) is 48.9 Å². The zero-order chi connectivity index (χ0) is 17.3. The first-order valence-corrected chi connectivity index (χ1v) is 8.18. The van der Waals surface area contributed by atoms with Gasteiger partial charge in [-0.05, 0) is 53.9 Å². The molecule has 0 saturated heterocycles. The summed E-state index contributed by atoms with van der Waals surface area (Å²) in [7, 11) is 5.96. The molecule has 0 saturated carbocycles. The summed E-state index contributed by atoms with van der Waals surface area (Å²) in [6, 6.07) is 8.11. The number of hydrogen-bond acceptors (Lipinski definition) is 3. The third-order valence-corrected chi connectivity index (χ3v) is 3.13. The average Bonchev–Trinajstić information content (AvgIpc) is 2.46. The molecule has 138 valence electrons. The molecule has 0 bridgehead atoms. The molecular formula is C18H33IN4O. The summed E-state index contributed by atoms with van der Waals surface area (Å²) in [5, 5.41) is 6.68. The van der Waals surface area contributed by atoms with Crippen LogP contribution in [0.2, 0.25) is 0 Å². The number of nitrogens with one attached hydrogen (secondary N) is 2. The molecule has 1 aromatic rings. The minimum atomic E-state index is -0.206. The Morgan fingerprint density at radius 3 is 2.42 bits per heavy atom. The summed E-state index contributed by atoms with van der Waals surface area (Å²) < 4.78 is 6.02. The molecule has 24 heavy (non-hydrogen) atoms. The number of rotatable bonds is 7. The second-order valence-corrected chi connectivity index (χ2v) is 6.83. The SMILES string of the molecule is CN=C(NCCCN(C)C)NCc1ccccc1OC(C)(C)C.I. The Morgan fingerprint density at radius 1 is 1.17 bits per heavy atom. The zero-order valence-corrected chi connectivity index (χ0v) is 18.2. The number of ether oxygens (including phenoxy) is 1. The molecule has 0 atom stereocenters. The van der Waals surface area contributed by atoms with Crippen LogP contribution in [0.25, 0.3) is 0 Å². The predicted molar refractivity (Wildman–Crippen MR) is 114 cm³/mol. The predicted octanol–water partition coefficient (Wildman–Crippen LogP) is 3.10. The maximum Gasteiger partial charge on any atom is 0.191 e. The molecule has 2 N–H and O–H groups in total. The normalized spacial score (nSPS) is 11.9. The van der Waals surface area contributed by atoms with Crippen molar-refractivity contribution < 1.29 is 4.74 Å². The molecule has 0 radical (unpaired) electrons. The van der Waals surface area contributed by atoms with Crippen molar-refractivity contribution in [2.45, 2.75) is 39.3 Å². The van der Waals surface area contributed by atoms with Crippen molar-refractivity contribution in [1.29, 1.82) is 0 Å². The highest BCUT2D eigenvalue weighted by atomic mass is 127. The van der Waals surface area contributed by atoms with Crippen LogP contribution in [0.3, 0.4) is 0 Å². The number of benzene rings is 1. The summed E-state index contributed by atoms with van der Waals surface area (Å²) >= 11 is 0. The number of para-hydroxylation sites is 1. The average molecular weight is 448 g/mol. The van der Waals surface area contributed by atoms with Gasteiger partial charge in [0.05, 0.1) is 0 Å². The van der Waals surface area contributed by atoms with E-state index < -0.39 is 0 Å². The van der Waals surface area contributed by atoms with E-state index in [0.29, 0.717) is 6.54 Å². The summed E-state index contributed by atoms with van der Waals surface area (Å²) in [4.78, 5) is 6.44. The van der Waals surface area contributed by atoms with Crippen molar-refractivity contribution in [3.05, 3.63) is 29.8 Å². The highest BCUT2D eigenvalue weighted by molar-refractivity contribution is 14.0.